The Morgan fingerprint density at radius 3 is 0.909 bits per heavy atom. The van der Waals surface area contributed by atoms with E-state index in [0.717, 1.165) is 32.1 Å². The molecule has 0 spiro atoms. The van der Waals surface area contributed by atoms with Gasteiger partial charge in [-0.05, 0) is 114 Å². The molecule has 4 heterocycles. The molecule has 0 saturated heterocycles. The number of nitrogens with zero attached hydrogens (tertiary/aromatic N) is 6. The topological polar surface area (TPSA) is 210 Å². The van der Waals surface area contributed by atoms with Gasteiger partial charge in [-0.1, -0.05) is 70.8 Å². The number of fused-ring (bicyclic) bond motifs is 2. The number of likely N-dealkylation sites (N-methyl/N-ethyl adjacent to an activating group) is 2. The van der Waals surface area contributed by atoms with Crippen LogP contribution < -0.4 is 18.9 Å². The Balaban J connectivity index is 1.22. The number of hydrogen-bond donors (Lipinski definition) is 2. The molecular formula is C70H60N8O10. The molecule has 13 rings (SSSR count). The molecule has 0 bridgehead atoms. The van der Waals surface area contributed by atoms with E-state index in [2.05, 4.69) is 19.9 Å². The van der Waals surface area contributed by atoms with E-state index in [1.807, 2.05) is 76.2 Å². The molecule has 2 atom stereocenters. The Labute approximate surface area is 505 Å². The molecule has 2 aliphatic rings. The molecule has 0 radical (unpaired) electrons. The fourth-order valence-electron chi connectivity index (χ4n) is 11.9. The summed E-state index contributed by atoms with van der Waals surface area (Å²) in [4.78, 5) is 114. The predicted molar refractivity (Wildman–Crippen MR) is 332 cm³/mol. The van der Waals surface area contributed by atoms with Crippen LogP contribution in [0.3, 0.4) is 0 Å². The maximum atomic E-state index is 16.1. The second-order valence-corrected chi connectivity index (χ2v) is 22.5. The normalized spacial score (nSPS) is 13.7. The number of imidazole rings is 2. The average Bonchev–Trinajstić information content (AvgIpc) is 0.781. The molecule has 0 fully saturated rings. The van der Waals surface area contributed by atoms with Crippen molar-refractivity contribution in [2.75, 3.05) is 27.2 Å². The van der Waals surface area contributed by atoms with Gasteiger partial charge in [0.05, 0.1) is 22.3 Å². The van der Waals surface area contributed by atoms with Crippen molar-refractivity contribution in [3.05, 3.63) is 202 Å². The SMILES string of the molecule is CCN(C)C(=O)C(Cc1ncc[nH]1)N1C(=O)c2cc(Oc3ccc(C)cc3)c3c4c(Oc5ccc(C)cc5)cc5c6c(cc(Oc7ccc(C)cc7)c(c7c(Oc8ccc(C)cc8)cc(c2c37)C1=O)c64)C(=O)N(C(Cc1ncc[nH]1)C(=O)N(C)CC)C5=O. The molecular weight excluding hydrogens is 1110 g/mol. The number of aromatic nitrogens is 4. The van der Waals surface area contributed by atoms with Gasteiger partial charge in [-0.2, -0.15) is 0 Å². The lowest BCUT2D eigenvalue weighted by Gasteiger charge is -2.36. The molecule has 18 nitrogen and oxygen atoms in total. The minimum Gasteiger partial charge on any atom is -0.457 e. The van der Waals surface area contributed by atoms with Gasteiger partial charge < -0.3 is 38.7 Å². The summed E-state index contributed by atoms with van der Waals surface area (Å²) in [5.41, 5.74) is 3.88. The minimum atomic E-state index is -1.37. The first kappa shape index (κ1) is 56.3. The van der Waals surface area contributed by atoms with Crippen LogP contribution in [-0.4, -0.2) is 114 Å². The first-order valence-corrected chi connectivity index (χ1v) is 29.1. The van der Waals surface area contributed by atoms with Crippen molar-refractivity contribution >= 4 is 78.5 Å². The summed E-state index contributed by atoms with van der Waals surface area (Å²) in [6, 6.07) is 33.0. The van der Waals surface area contributed by atoms with Gasteiger partial charge in [0, 0.05) is 108 Å². The van der Waals surface area contributed by atoms with E-state index in [-0.39, 0.29) is 82.0 Å². The van der Waals surface area contributed by atoms with E-state index in [0.29, 0.717) is 67.0 Å². The number of rotatable bonds is 18. The Bertz CT molecular complexity index is 4100. The molecule has 2 aliphatic heterocycles. The zero-order valence-electron chi connectivity index (χ0n) is 49.6. The van der Waals surface area contributed by atoms with Gasteiger partial charge in [-0.3, -0.25) is 38.6 Å². The van der Waals surface area contributed by atoms with Crippen LogP contribution in [0.2, 0.25) is 0 Å². The van der Waals surface area contributed by atoms with Crippen LogP contribution >= 0.6 is 0 Å². The molecule has 2 aromatic heterocycles. The van der Waals surface area contributed by atoms with Crippen LogP contribution in [0.1, 0.15) is 89.2 Å². The Hall–Kier alpha value is -10.9. The third-order valence-corrected chi connectivity index (χ3v) is 16.7. The van der Waals surface area contributed by atoms with Gasteiger partial charge in [-0.15, -0.1) is 0 Å². The van der Waals surface area contributed by atoms with E-state index < -0.39 is 47.5 Å². The molecule has 2 unspecified atom stereocenters. The van der Waals surface area contributed by atoms with Crippen molar-refractivity contribution < 1.29 is 47.7 Å². The summed E-state index contributed by atoms with van der Waals surface area (Å²) >= 11 is 0. The number of ether oxygens (including phenoxy) is 4. The first-order chi connectivity index (χ1) is 42.5. The molecule has 88 heavy (non-hydrogen) atoms. The summed E-state index contributed by atoms with van der Waals surface area (Å²) in [5, 5.41) is 2.26. The van der Waals surface area contributed by atoms with Crippen LogP contribution in [0.5, 0.6) is 46.0 Å². The number of aromatic amines is 2. The molecule has 9 aromatic carbocycles. The number of amides is 6. The van der Waals surface area contributed by atoms with Crippen LogP contribution in [0.4, 0.5) is 0 Å². The van der Waals surface area contributed by atoms with Gasteiger partial charge in [0.1, 0.15) is 69.7 Å². The highest BCUT2D eigenvalue weighted by atomic mass is 16.5. The summed E-state index contributed by atoms with van der Waals surface area (Å²) in [6.45, 7) is 11.9. The number of H-pyrrole nitrogens is 2. The van der Waals surface area contributed by atoms with Gasteiger partial charge >= 0.3 is 0 Å². The molecule has 6 amide bonds. The van der Waals surface area contributed by atoms with Crippen LogP contribution in [-0.2, 0) is 22.4 Å². The standard InChI is InChI=1S/C70H60N8O10/c1-9-75(7)69(83)49(35-55-71-27-28-72-55)77-65(79)45-31-51(85-41-19-11-37(3)12-20-41)59-61-53(87-43-23-15-39(5)16-24-43)33-47-58-48(68(82)78(67(47)81)50(70(84)76(8)10-2)36-56-73-29-30-74-56)34-54(88-44-25-17-40(6)18-26-44)62(64(58)61)60-52(86-42-21-13-38(4)14-22-42)32-46(66(77)80)57(45)63(59)60/h11-34,49-50H,9-10,35-36H2,1-8H3,(H,71,72)(H,73,74). The Morgan fingerprint density at radius 1 is 0.420 bits per heavy atom. The van der Waals surface area contributed by atoms with Gasteiger partial charge in [0.15, 0.2) is 0 Å². The minimum absolute atomic E-state index is 0.0244. The number of carbonyl (C=O) groups is 6. The molecule has 11 aromatic rings. The third-order valence-electron chi connectivity index (χ3n) is 16.7. The lowest BCUT2D eigenvalue weighted by Crippen LogP contribution is -2.55. The number of aryl methyl sites for hydroxylation is 4. The zero-order chi connectivity index (χ0) is 61.4. The van der Waals surface area contributed by atoms with Gasteiger partial charge in [0.2, 0.25) is 11.8 Å². The lowest BCUT2D eigenvalue weighted by atomic mass is 9.80. The summed E-state index contributed by atoms with van der Waals surface area (Å²) in [7, 11) is 3.22. The molecule has 18 heteroatoms. The second-order valence-electron chi connectivity index (χ2n) is 22.5. The summed E-state index contributed by atoms with van der Waals surface area (Å²) < 4.78 is 28.5. The van der Waals surface area contributed by atoms with Crippen molar-refractivity contribution in [1.29, 1.82) is 0 Å². The number of nitrogens with one attached hydrogen (secondary N) is 2. The van der Waals surface area contributed by atoms with Crippen molar-refractivity contribution in [3.63, 3.8) is 0 Å². The maximum Gasteiger partial charge on any atom is 0.262 e. The molecule has 0 aliphatic carbocycles. The fourth-order valence-corrected chi connectivity index (χ4v) is 11.9. The van der Waals surface area contributed by atoms with Gasteiger partial charge in [-0.25, -0.2) is 9.97 Å². The number of carbonyl (C=O) groups excluding carboxylic acids is 6. The number of imide groups is 2. The summed E-state index contributed by atoms with van der Waals surface area (Å²) in [5.74, 6) is -1.45. The Morgan fingerprint density at radius 2 is 0.682 bits per heavy atom. The highest BCUT2D eigenvalue weighted by Crippen LogP contribution is 2.58. The molecule has 440 valence electrons. The lowest BCUT2D eigenvalue weighted by molar-refractivity contribution is -0.134. The molecule has 2 N–H and O–H groups in total. The van der Waals surface area contributed by atoms with E-state index >= 15 is 19.2 Å². The van der Waals surface area contributed by atoms with Crippen molar-refractivity contribution in [2.24, 2.45) is 0 Å². The zero-order valence-corrected chi connectivity index (χ0v) is 49.6. The van der Waals surface area contributed by atoms with Crippen LogP contribution in [0, 0.1) is 27.7 Å². The number of hydrogen-bond acceptors (Lipinski definition) is 12. The van der Waals surface area contributed by atoms with Crippen molar-refractivity contribution in [3.8, 4) is 46.0 Å². The van der Waals surface area contributed by atoms with Crippen molar-refractivity contribution in [1.82, 2.24) is 39.5 Å². The summed E-state index contributed by atoms with van der Waals surface area (Å²) in [6.07, 6.45) is 6.02. The van der Waals surface area contributed by atoms with E-state index in [4.69, 9.17) is 18.9 Å². The van der Waals surface area contributed by atoms with E-state index in [1.54, 1.807) is 113 Å². The van der Waals surface area contributed by atoms with Crippen LogP contribution in [0.25, 0.3) is 43.1 Å². The molecule has 0 saturated carbocycles. The van der Waals surface area contributed by atoms with Crippen LogP contribution in [0.15, 0.2) is 146 Å². The van der Waals surface area contributed by atoms with E-state index in [9.17, 15) is 9.59 Å². The van der Waals surface area contributed by atoms with Crippen molar-refractivity contribution in [2.45, 2.75) is 66.5 Å². The van der Waals surface area contributed by atoms with E-state index in [1.165, 1.54) is 22.2 Å². The largest absolute Gasteiger partial charge is 0.457 e. The maximum absolute atomic E-state index is 16.1. The smallest absolute Gasteiger partial charge is 0.262 e. The van der Waals surface area contributed by atoms with Gasteiger partial charge in [0.25, 0.3) is 23.6 Å². The Kier molecular flexibility index (Phi) is 14.2. The first-order valence-electron chi connectivity index (χ1n) is 29.1. The second kappa shape index (κ2) is 22.2. The highest BCUT2D eigenvalue weighted by molar-refractivity contribution is 6.45. The average molecular weight is 1170 g/mol. The monoisotopic (exact) mass is 1170 g/mol. The number of benzene rings is 9. The highest BCUT2D eigenvalue weighted by Gasteiger charge is 2.47. The quantitative estimate of drug-likeness (QED) is 0.0467. The third kappa shape index (κ3) is 9.62. The predicted octanol–water partition coefficient (Wildman–Crippen LogP) is 13.0. The fraction of sp³-hybridized carbons (Fsp3) is 0.200.